The molecule has 6 heterocycles. The molecule has 4 aromatic rings. The lowest BCUT2D eigenvalue weighted by atomic mass is 9.99. The number of nitrogens with zero attached hydrogens (tertiary/aromatic N) is 10. The molecule has 1 fully saturated rings. The van der Waals surface area contributed by atoms with Gasteiger partial charge >= 0.3 is 5.69 Å². The van der Waals surface area contributed by atoms with E-state index in [9.17, 15) is 14.9 Å². The Kier molecular flexibility index (Phi) is 7.43. The van der Waals surface area contributed by atoms with E-state index in [-0.39, 0.29) is 48.6 Å². The minimum Gasteiger partial charge on any atom is -0.352 e. The van der Waals surface area contributed by atoms with E-state index in [0.29, 0.717) is 36.2 Å². The first-order chi connectivity index (χ1) is 20.8. The van der Waals surface area contributed by atoms with Gasteiger partial charge in [-0.25, -0.2) is 18.7 Å². The van der Waals surface area contributed by atoms with Gasteiger partial charge in [-0.05, 0) is 55.4 Å². The first kappa shape index (κ1) is 28.1. The summed E-state index contributed by atoms with van der Waals surface area (Å²) < 4.78 is 18.8. The number of amides is 1. The second-order valence-electron chi connectivity index (χ2n) is 11.1. The fraction of sp³-hybridized carbons (Fsp3) is 0.400. The molecule has 1 amide bonds. The van der Waals surface area contributed by atoms with Crippen molar-refractivity contribution in [2.24, 2.45) is 0 Å². The summed E-state index contributed by atoms with van der Waals surface area (Å²) in [7, 11) is 0. The molecule has 0 aromatic carbocycles. The third-order valence-electron chi connectivity index (χ3n) is 8.11. The first-order valence-corrected chi connectivity index (χ1v) is 14.4. The molecule has 0 spiro atoms. The minimum absolute atomic E-state index is 0.0199. The number of aromatic nitrogens is 7. The lowest BCUT2D eigenvalue weighted by Gasteiger charge is -2.41. The summed E-state index contributed by atoms with van der Waals surface area (Å²) in [4.78, 5) is 43.9. The van der Waals surface area contributed by atoms with Gasteiger partial charge in [0.1, 0.15) is 5.82 Å². The van der Waals surface area contributed by atoms with Crippen molar-refractivity contribution in [3.8, 4) is 17.6 Å². The minimum atomic E-state index is -0.644. The number of fused-ring (bicyclic) bond motifs is 5. The SMILES string of the molecule is C=CC(=O)N1CCN(c2nc(=O)n3c4nc(c(F)cc24)-n2nncc2CCCCc2ccnc(C(C)C)c2-3)CC1CC#N. The molecule has 43 heavy (non-hydrogen) atoms. The predicted molar refractivity (Wildman–Crippen MR) is 157 cm³/mol. The third kappa shape index (κ3) is 4.92. The number of nitriles is 1. The van der Waals surface area contributed by atoms with Gasteiger partial charge < -0.3 is 9.80 Å². The second-order valence-corrected chi connectivity index (χ2v) is 11.1. The van der Waals surface area contributed by atoms with Crippen LogP contribution in [0.15, 0.2) is 42.0 Å². The van der Waals surface area contributed by atoms with Crippen LogP contribution in [0, 0.1) is 17.1 Å². The topological polar surface area (TPSA) is 139 Å². The molecule has 1 atom stereocenters. The molecule has 0 radical (unpaired) electrons. The summed E-state index contributed by atoms with van der Waals surface area (Å²) in [5.41, 5.74) is 2.61. The van der Waals surface area contributed by atoms with Gasteiger partial charge in [-0.1, -0.05) is 25.6 Å². The lowest BCUT2D eigenvalue weighted by molar-refractivity contribution is -0.128. The van der Waals surface area contributed by atoms with E-state index >= 15 is 4.39 Å². The van der Waals surface area contributed by atoms with Gasteiger partial charge in [0.15, 0.2) is 17.3 Å². The Labute approximate surface area is 247 Å². The predicted octanol–water partition coefficient (Wildman–Crippen LogP) is 3.01. The van der Waals surface area contributed by atoms with Crippen LogP contribution >= 0.6 is 0 Å². The molecule has 0 aliphatic carbocycles. The number of hydrogen-bond donors (Lipinski definition) is 0. The number of piperazine rings is 1. The summed E-state index contributed by atoms with van der Waals surface area (Å²) in [5.74, 6) is -0.764. The van der Waals surface area contributed by atoms with Crippen LogP contribution in [0.25, 0.3) is 22.5 Å². The van der Waals surface area contributed by atoms with Gasteiger partial charge in [0.05, 0.1) is 47.2 Å². The zero-order valence-electron chi connectivity index (χ0n) is 24.1. The average molecular weight is 583 g/mol. The van der Waals surface area contributed by atoms with Crippen molar-refractivity contribution in [3.05, 3.63) is 70.4 Å². The number of pyridine rings is 2. The van der Waals surface area contributed by atoms with Crippen LogP contribution in [-0.4, -0.2) is 71.0 Å². The highest BCUT2D eigenvalue weighted by Crippen LogP contribution is 2.33. The maximum absolute atomic E-state index is 16.0. The van der Waals surface area contributed by atoms with E-state index < -0.39 is 17.5 Å². The van der Waals surface area contributed by atoms with Crippen LogP contribution in [0.1, 0.15) is 56.0 Å². The number of carbonyl (C=O) groups is 1. The summed E-state index contributed by atoms with van der Waals surface area (Å²) in [6, 6.07) is 4.92. The molecule has 4 aromatic heterocycles. The molecular formula is C30H31FN10O2. The molecule has 220 valence electrons. The first-order valence-electron chi connectivity index (χ1n) is 14.4. The lowest BCUT2D eigenvalue weighted by Crippen LogP contribution is -2.55. The Morgan fingerprint density at radius 3 is 2.81 bits per heavy atom. The van der Waals surface area contributed by atoms with Gasteiger partial charge in [-0.3, -0.25) is 9.78 Å². The largest absolute Gasteiger partial charge is 0.355 e. The molecule has 12 nitrogen and oxygen atoms in total. The van der Waals surface area contributed by atoms with E-state index in [1.54, 1.807) is 17.3 Å². The van der Waals surface area contributed by atoms with E-state index in [1.807, 2.05) is 24.8 Å². The number of anilines is 1. The highest BCUT2D eigenvalue weighted by Gasteiger charge is 2.32. The average Bonchev–Trinajstić information content (AvgIpc) is 3.46. The maximum atomic E-state index is 16.0. The molecule has 0 N–H and O–H groups in total. The monoisotopic (exact) mass is 582 g/mol. The van der Waals surface area contributed by atoms with Gasteiger partial charge in [-0.15, -0.1) is 5.10 Å². The summed E-state index contributed by atoms with van der Waals surface area (Å²) in [6.45, 7) is 8.42. The molecule has 0 saturated carbocycles. The number of aryl methyl sites for hydroxylation is 2. The smallest absolute Gasteiger partial charge is 0.352 e. The van der Waals surface area contributed by atoms with Gasteiger partial charge in [-0.2, -0.15) is 14.9 Å². The summed E-state index contributed by atoms with van der Waals surface area (Å²) in [5, 5.41) is 17.9. The Hall–Kier alpha value is -4.99. The second kappa shape index (κ2) is 11.4. The van der Waals surface area contributed by atoms with Crippen LogP contribution in [0.5, 0.6) is 0 Å². The van der Waals surface area contributed by atoms with Crippen LogP contribution in [-0.2, 0) is 17.6 Å². The molecule has 1 unspecified atom stereocenters. The summed E-state index contributed by atoms with van der Waals surface area (Å²) in [6.07, 6.45) is 7.61. The van der Waals surface area contributed by atoms with Crippen molar-refractivity contribution in [1.29, 1.82) is 5.26 Å². The quantitative estimate of drug-likeness (QED) is 0.332. The fourth-order valence-electron chi connectivity index (χ4n) is 6.04. The van der Waals surface area contributed by atoms with Crippen LogP contribution in [0.3, 0.4) is 0 Å². The number of hydrogen-bond acceptors (Lipinski definition) is 9. The highest BCUT2D eigenvalue weighted by molar-refractivity contribution is 5.90. The Bertz CT molecular complexity index is 1840. The fourth-order valence-corrected chi connectivity index (χ4v) is 6.04. The zero-order chi connectivity index (χ0) is 30.2. The molecule has 2 aliphatic heterocycles. The van der Waals surface area contributed by atoms with Gasteiger partial charge in [0, 0.05) is 25.8 Å². The van der Waals surface area contributed by atoms with Crippen molar-refractivity contribution >= 4 is 22.8 Å². The highest BCUT2D eigenvalue weighted by atomic mass is 19.1. The van der Waals surface area contributed by atoms with Crippen molar-refractivity contribution in [3.63, 3.8) is 0 Å². The van der Waals surface area contributed by atoms with Crippen LogP contribution < -0.4 is 10.6 Å². The molecule has 13 heteroatoms. The molecule has 2 aliphatic rings. The normalized spacial score (nSPS) is 16.8. The van der Waals surface area contributed by atoms with Crippen molar-refractivity contribution < 1.29 is 9.18 Å². The zero-order valence-corrected chi connectivity index (χ0v) is 24.1. The number of rotatable bonds is 4. The molecular weight excluding hydrogens is 551 g/mol. The third-order valence-corrected chi connectivity index (χ3v) is 8.11. The van der Waals surface area contributed by atoms with Gasteiger partial charge in [0.25, 0.3) is 0 Å². The standard InChI is InChI=1S/C30H31FN10O2/c1-4-24(42)39-14-13-38(17-21(39)9-11-32)27-22-15-23(31)29-35-28(22)40(30(43)36-27)26-19(10-12-33-25(26)18(2)3)7-5-6-8-20-16-34-37-41(20)29/h4,10,12,15-16,18,21H,1,5-9,13-14,17H2,2-3H3. The Balaban J connectivity index is 1.63. The van der Waals surface area contributed by atoms with E-state index in [0.717, 1.165) is 24.1 Å². The van der Waals surface area contributed by atoms with Crippen molar-refractivity contribution in [1.82, 2.24) is 39.4 Å². The van der Waals surface area contributed by atoms with E-state index in [4.69, 9.17) is 4.98 Å². The molecule has 1 saturated heterocycles. The van der Waals surface area contributed by atoms with Gasteiger partial charge in [0.2, 0.25) is 5.91 Å². The maximum Gasteiger partial charge on any atom is 0.355 e. The molecule has 2 bridgehead atoms. The van der Waals surface area contributed by atoms with E-state index in [1.165, 1.54) is 21.4 Å². The summed E-state index contributed by atoms with van der Waals surface area (Å²) >= 11 is 0. The Morgan fingerprint density at radius 2 is 2.05 bits per heavy atom. The van der Waals surface area contributed by atoms with Crippen LogP contribution in [0.2, 0.25) is 0 Å². The number of halogens is 1. The van der Waals surface area contributed by atoms with Crippen molar-refractivity contribution in [2.45, 2.75) is 57.9 Å². The molecule has 6 rings (SSSR count). The van der Waals surface area contributed by atoms with Crippen LogP contribution in [0.4, 0.5) is 10.2 Å². The van der Waals surface area contributed by atoms with Crippen molar-refractivity contribution in [2.75, 3.05) is 24.5 Å². The number of carbonyl (C=O) groups excluding carboxylic acids is 1. The van der Waals surface area contributed by atoms with E-state index in [2.05, 4.69) is 32.9 Å². The Morgan fingerprint density at radius 1 is 1.23 bits per heavy atom.